The van der Waals surface area contributed by atoms with Crippen LogP contribution in [0.3, 0.4) is 0 Å². The smallest absolute Gasteiger partial charge is 0.439 e. The van der Waals surface area contributed by atoms with Gasteiger partial charge < -0.3 is 19.9 Å². The summed E-state index contributed by atoms with van der Waals surface area (Å²) in [5.41, 5.74) is 0.943. The molecular formula is C21H14F3N3O4S. The van der Waals surface area contributed by atoms with Crippen molar-refractivity contribution in [2.45, 2.75) is 13.0 Å². The van der Waals surface area contributed by atoms with Crippen molar-refractivity contribution in [2.24, 2.45) is 0 Å². The Morgan fingerprint density at radius 3 is 2.72 bits per heavy atom. The molecule has 0 radical (unpaired) electrons. The van der Waals surface area contributed by atoms with Crippen molar-refractivity contribution in [3.05, 3.63) is 71.5 Å². The third-order valence-electron chi connectivity index (χ3n) is 4.20. The van der Waals surface area contributed by atoms with E-state index in [4.69, 9.17) is 9.84 Å². The Labute approximate surface area is 183 Å². The number of aromatic nitrogens is 2. The zero-order valence-corrected chi connectivity index (χ0v) is 16.9. The molecule has 11 heteroatoms. The highest BCUT2D eigenvalue weighted by molar-refractivity contribution is 7.17. The summed E-state index contributed by atoms with van der Waals surface area (Å²) < 4.78 is 47.5. The molecule has 4 rings (SSSR count). The first-order valence-corrected chi connectivity index (χ1v) is 9.97. The van der Waals surface area contributed by atoms with E-state index >= 15 is 0 Å². The van der Waals surface area contributed by atoms with Gasteiger partial charge in [0.2, 0.25) is 5.88 Å². The molecule has 2 N–H and O–H groups in total. The zero-order chi connectivity index (χ0) is 22.7. The molecule has 0 spiro atoms. The molecule has 2 aromatic carbocycles. The fourth-order valence-electron chi connectivity index (χ4n) is 2.86. The summed E-state index contributed by atoms with van der Waals surface area (Å²) in [6, 6.07) is 11.6. The summed E-state index contributed by atoms with van der Waals surface area (Å²) in [6.07, 6.45) is -3.54. The van der Waals surface area contributed by atoms with Crippen molar-refractivity contribution in [3.63, 3.8) is 0 Å². The first kappa shape index (κ1) is 21.5. The first-order chi connectivity index (χ1) is 15.3. The molecule has 0 unspecified atom stereocenters. The summed E-state index contributed by atoms with van der Waals surface area (Å²) in [5, 5.41) is 14.0. The normalized spacial score (nSPS) is 11.4. The Morgan fingerprint density at radius 1 is 1.09 bits per heavy atom. The Morgan fingerprint density at radius 2 is 1.94 bits per heavy atom. The van der Waals surface area contributed by atoms with E-state index in [1.165, 1.54) is 35.9 Å². The monoisotopic (exact) mass is 461 g/mol. The second-order valence-electron chi connectivity index (χ2n) is 6.44. The summed E-state index contributed by atoms with van der Waals surface area (Å²) in [7, 11) is 0. The number of hydrogen-bond donors (Lipinski definition) is 2. The maximum atomic E-state index is 12.7. The van der Waals surface area contributed by atoms with Crippen LogP contribution in [-0.2, 0) is 6.61 Å². The summed E-state index contributed by atoms with van der Waals surface area (Å²) in [6.45, 7) is -0.244. The molecule has 0 aliphatic carbocycles. The topological polar surface area (TPSA) is 93.6 Å². The van der Waals surface area contributed by atoms with Crippen molar-refractivity contribution in [1.29, 1.82) is 0 Å². The number of halogens is 3. The largest absolute Gasteiger partial charge is 0.573 e. The first-order valence-electron chi connectivity index (χ1n) is 9.09. The van der Waals surface area contributed by atoms with E-state index in [2.05, 4.69) is 20.0 Å². The number of aliphatic hydroxyl groups excluding tert-OH is 1. The van der Waals surface area contributed by atoms with Gasteiger partial charge in [0.25, 0.3) is 5.91 Å². The summed E-state index contributed by atoms with van der Waals surface area (Å²) in [4.78, 5) is 20.6. The number of hydrogen-bond acceptors (Lipinski definition) is 7. The lowest BCUT2D eigenvalue weighted by Gasteiger charge is -2.10. The Balaban J connectivity index is 1.51. The molecule has 0 saturated carbocycles. The molecule has 0 aliphatic rings. The van der Waals surface area contributed by atoms with Gasteiger partial charge in [-0.25, -0.2) is 9.97 Å². The molecule has 0 fully saturated rings. The molecule has 2 heterocycles. The molecule has 0 atom stereocenters. The number of alkyl halides is 3. The standard InChI is InChI=1S/C21H14F3N3O4S/c22-21(23,24)31-15-3-1-2-12(6-15)27-20(29)17-10-32-18-8-14(4-5-16(17)18)30-19-7-13(9-28)25-11-26-19/h1-8,10-11,28H,9H2,(H,27,29). The van der Waals surface area contributed by atoms with Gasteiger partial charge in [0.1, 0.15) is 17.8 Å². The van der Waals surface area contributed by atoms with Crippen LogP contribution in [0.25, 0.3) is 10.1 Å². The molecule has 164 valence electrons. The Kier molecular flexibility index (Phi) is 5.93. The highest BCUT2D eigenvalue weighted by Gasteiger charge is 2.31. The predicted molar refractivity (Wildman–Crippen MR) is 111 cm³/mol. The van der Waals surface area contributed by atoms with Crippen LogP contribution in [0.2, 0.25) is 0 Å². The molecule has 7 nitrogen and oxygen atoms in total. The summed E-state index contributed by atoms with van der Waals surface area (Å²) >= 11 is 1.31. The van der Waals surface area contributed by atoms with Gasteiger partial charge in [-0.15, -0.1) is 24.5 Å². The van der Waals surface area contributed by atoms with E-state index in [0.29, 0.717) is 22.4 Å². The van der Waals surface area contributed by atoms with E-state index < -0.39 is 18.0 Å². The van der Waals surface area contributed by atoms with Crippen LogP contribution in [0.1, 0.15) is 16.1 Å². The lowest BCUT2D eigenvalue weighted by atomic mass is 10.1. The molecule has 2 aromatic heterocycles. The van der Waals surface area contributed by atoms with Gasteiger partial charge in [0, 0.05) is 33.3 Å². The Hall–Kier alpha value is -3.70. The second-order valence-corrected chi connectivity index (χ2v) is 7.36. The van der Waals surface area contributed by atoms with Crippen molar-refractivity contribution in [2.75, 3.05) is 5.32 Å². The van der Waals surface area contributed by atoms with Gasteiger partial charge in [-0.1, -0.05) is 6.07 Å². The fourth-order valence-corrected chi connectivity index (χ4v) is 3.83. The fraction of sp³-hybridized carbons (Fsp3) is 0.0952. The average Bonchev–Trinajstić information content (AvgIpc) is 3.16. The summed E-state index contributed by atoms with van der Waals surface area (Å²) in [5.74, 6) is -0.163. The van der Waals surface area contributed by atoms with Gasteiger partial charge in [0.15, 0.2) is 0 Å². The maximum Gasteiger partial charge on any atom is 0.573 e. The van der Waals surface area contributed by atoms with E-state index in [1.807, 2.05) is 0 Å². The van der Waals surface area contributed by atoms with Crippen LogP contribution in [-0.4, -0.2) is 27.3 Å². The van der Waals surface area contributed by atoms with Gasteiger partial charge in [-0.3, -0.25) is 4.79 Å². The second kappa shape index (κ2) is 8.81. The van der Waals surface area contributed by atoms with E-state index in [0.717, 1.165) is 16.8 Å². The zero-order valence-electron chi connectivity index (χ0n) is 16.1. The minimum atomic E-state index is -4.82. The van der Waals surface area contributed by atoms with Gasteiger partial charge in [-0.2, -0.15) is 0 Å². The number of fused-ring (bicyclic) bond motifs is 1. The average molecular weight is 461 g/mol. The number of ether oxygens (including phenoxy) is 2. The van der Waals surface area contributed by atoms with Crippen LogP contribution in [0, 0.1) is 0 Å². The number of carbonyl (C=O) groups excluding carboxylic acids is 1. The van der Waals surface area contributed by atoms with Crippen LogP contribution < -0.4 is 14.8 Å². The number of aliphatic hydroxyl groups is 1. The van der Waals surface area contributed by atoms with Gasteiger partial charge in [-0.05, 0) is 30.3 Å². The van der Waals surface area contributed by atoms with E-state index in [9.17, 15) is 18.0 Å². The SMILES string of the molecule is O=C(Nc1cccc(OC(F)(F)F)c1)c1csc2cc(Oc3cc(CO)ncn3)ccc12. The number of rotatable bonds is 6. The number of thiophene rings is 1. The quantitative estimate of drug-likeness (QED) is 0.414. The van der Waals surface area contributed by atoms with Crippen LogP contribution >= 0.6 is 11.3 Å². The van der Waals surface area contributed by atoms with E-state index in [-0.39, 0.29) is 18.2 Å². The van der Waals surface area contributed by atoms with Crippen molar-refractivity contribution < 1.29 is 32.5 Å². The van der Waals surface area contributed by atoms with E-state index in [1.54, 1.807) is 23.6 Å². The van der Waals surface area contributed by atoms with Crippen LogP contribution in [0.4, 0.5) is 18.9 Å². The van der Waals surface area contributed by atoms with Gasteiger partial charge in [0.05, 0.1) is 17.9 Å². The van der Waals surface area contributed by atoms with Crippen molar-refractivity contribution >= 4 is 33.0 Å². The lowest BCUT2D eigenvalue weighted by Crippen LogP contribution is -2.17. The molecule has 1 amide bonds. The molecule has 0 bridgehead atoms. The highest BCUT2D eigenvalue weighted by Crippen LogP contribution is 2.32. The van der Waals surface area contributed by atoms with Crippen molar-refractivity contribution in [3.8, 4) is 17.4 Å². The van der Waals surface area contributed by atoms with Crippen LogP contribution in [0.5, 0.6) is 17.4 Å². The number of carbonyl (C=O) groups is 1. The molecule has 32 heavy (non-hydrogen) atoms. The Bertz CT molecular complexity index is 1280. The number of benzene rings is 2. The molecular weight excluding hydrogens is 447 g/mol. The highest BCUT2D eigenvalue weighted by atomic mass is 32.1. The number of nitrogens with one attached hydrogen (secondary N) is 1. The third-order valence-corrected chi connectivity index (χ3v) is 5.15. The lowest BCUT2D eigenvalue weighted by molar-refractivity contribution is -0.274. The number of amides is 1. The van der Waals surface area contributed by atoms with Gasteiger partial charge >= 0.3 is 6.36 Å². The minimum Gasteiger partial charge on any atom is -0.439 e. The minimum absolute atomic E-state index is 0.166. The molecule has 0 saturated heterocycles. The molecule has 0 aliphatic heterocycles. The maximum absolute atomic E-state index is 12.7. The van der Waals surface area contributed by atoms with Crippen LogP contribution in [0.15, 0.2) is 60.2 Å². The predicted octanol–water partition coefficient (Wildman–Crippen LogP) is 5.13. The third kappa shape index (κ3) is 5.13. The number of anilines is 1. The number of nitrogens with zero attached hydrogens (tertiary/aromatic N) is 2. The molecule has 4 aromatic rings. The van der Waals surface area contributed by atoms with Crippen molar-refractivity contribution in [1.82, 2.24) is 9.97 Å².